The Morgan fingerprint density at radius 3 is 2.73 bits per heavy atom. The first-order valence-corrected chi connectivity index (χ1v) is 7.40. The second kappa shape index (κ2) is 6.62. The van der Waals surface area contributed by atoms with Crippen molar-refractivity contribution in [3.63, 3.8) is 0 Å². The van der Waals surface area contributed by atoms with E-state index in [2.05, 4.69) is 19.8 Å². The van der Waals surface area contributed by atoms with Gasteiger partial charge < -0.3 is 14.6 Å². The molecule has 0 saturated carbocycles. The van der Waals surface area contributed by atoms with Crippen LogP contribution in [0.3, 0.4) is 0 Å². The molecule has 6 heteroatoms. The van der Waals surface area contributed by atoms with Crippen LogP contribution < -0.4 is 15.1 Å². The maximum Gasteiger partial charge on any atom is 0.223 e. The van der Waals surface area contributed by atoms with Crippen molar-refractivity contribution < 1.29 is 4.74 Å². The Labute approximate surface area is 129 Å². The van der Waals surface area contributed by atoms with Gasteiger partial charge in [-0.3, -0.25) is 9.69 Å². The van der Waals surface area contributed by atoms with Crippen molar-refractivity contribution in [2.45, 2.75) is 6.54 Å². The fourth-order valence-electron chi connectivity index (χ4n) is 2.67. The van der Waals surface area contributed by atoms with Gasteiger partial charge in [-0.05, 0) is 12.1 Å². The molecule has 3 rings (SSSR count). The Morgan fingerprint density at radius 2 is 2.09 bits per heavy atom. The lowest BCUT2D eigenvalue weighted by Crippen LogP contribution is -2.46. The molecular formula is C16H20N4O2. The maximum absolute atomic E-state index is 11.8. The highest BCUT2D eigenvalue weighted by Crippen LogP contribution is 2.13. The van der Waals surface area contributed by atoms with Crippen LogP contribution in [0.5, 0.6) is 5.75 Å². The summed E-state index contributed by atoms with van der Waals surface area (Å²) in [6.07, 6.45) is 3.45. The van der Waals surface area contributed by atoms with Crippen LogP contribution in [-0.2, 0) is 6.54 Å². The minimum absolute atomic E-state index is 0.0802. The average molecular weight is 300 g/mol. The number of H-pyrrole nitrogens is 1. The molecular weight excluding hydrogens is 280 g/mol. The number of piperazine rings is 1. The standard InChI is InChI=1S/C16H20N4O2/c1-22-15-11-18-13(10-14(15)21)12-19-6-8-20(9-7-19)16-4-2-3-5-17-16/h2-5,10-11H,6-9,12H2,1H3,(H,18,21). The topological polar surface area (TPSA) is 61.5 Å². The highest BCUT2D eigenvalue weighted by atomic mass is 16.5. The number of pyridine rings is 2. The third-order valence-corrected chi connectivity index (χ3v) is 3.90. The lowest BCUT2D eigenvalue weighted by Gasteiger charge is -2.35. The zero-order valence-electron chi connectivity index (χ0n) is 12.7. The second-order valence-corrected chi connectivity index (χ2v) is 5.34. The first-order chi connectivity index (χ1) is 10.8. The third kappa shape index (κ3) is 3.28. The monoisotopic (exact) mass is 300 g/mol. The lowest BCUT2D eigenvalue weighted by molar-refractivity contribution is 0.246. The van der Waals surface area contributed by atoms with Crippen LogP contribution in [0, 0.1) is 0 Å². The molecule has 1 aliphatic heterocycles. The predicted molar refractivity (Wildman–Crippen MR) is 85.3 cm³/mol. The molecule has 6 nitrogen and oxygen atoms in total. The van der Waals surface area contributed by atoms with Crippen molar-refractivity contribution in [1.82, 2.24) is 14.9 Å². The Hall–Kier alpha value is -2.34. The second-order valence-electron chi connectivity index (χ2n) is 5.34. The fourth-order valence-corrected chi connectivity index (χ4v) is 2.67. The summed E-state index contributed by atoms with van der Waals surface area (Å²) in [6, 6.07) is 7.59. The molecule has 0 amide bonds. The molecule has 1 N–H and O–H groups in total. The van der Waals surface area contributed by atoms with Gasteiger partial charge in [0.25, 0.3) is 0 Å². The van der Waals surface area contributed by atoms with Gasteiger partial charge in [-0.1, -0.05) is 6.07 Å². The number of aromatic amines is 1. The molecule has 22 heavy (non-hydrogen) atoms. The van der Waals surface area contributed by atoms with E-state index in [9.17, 15) is 4.79 Å². The quantitative estimate of drug-likeness (QED) is 0.916. The van der Waals surface area contributed by atoms with E-state index >= 15 is 0 Å². The van der Waals surface area contributed by atoms with Crippen molar-refractivity contribution >= 4 is 5.82 Å². The number of hydrogen-bond acceptors (Lipinski definition) is 5. The number of hydrogen-bond donors (Lipinski definition) is 1. The van der Waals surface area contributed by atoms with Crippen LogP contribution in [0.15, 0.2) is 41.5 Å². The molecule has 0 unspecified atom stereocenters. The average Bonchev–Trinajstić information content (AvgIpc) is 2.57. The Balaban J connectivity index is 1.58. The summed E-state index contributed by atoms with van der Waals surface area (Å²) in [5.74, 6) is 1.38. The van der Waals surface area contributed by atoms with Gasteiger partial charge >= 0.3 is 0 Å². The third-order valence-electron chi connectivity index (χ3n) is 3.90. The predicted octanol–water partition coefficient (Wildman–Crippen LogP) is 1.10. The van der Waals surface area contributed by atoms with Gasteiger partial charge in [0.2, 0.25) is 5.43 Å². The van der Waals surface area contributed by atoms with E-state index in [0.29, 0.717) is 5.75 Å². The lowest BCUT2D eigenvalue weighted by atomic mass is 10.2. The number of aromatic nitrogens is 2. The normalized spacial score (nSPS) is 15.8. The van der Waals surface area contributed by atoms with E-state index in [1.807, 2.05) is 24.4 Å². The SMILES string of the molecule is COc1c[nH]c(CN2CCN(c3ccccn3)CC2)cc1=O. The van der Waals surface area contributed by atoms with Crippen LogP contribution >= 0.6 is 0 Å². The van der Waals surface area contributed by atoms with Crippen LogP contribution in [0.1, 0.15) is 5.69 Å². The first kappa shape index (κ1) is 14.6. The summed E-state index contributed by atoms with van der Waals surface area (Å²) in [5.41, 5.74) is 0.834. The van der Waals surface area contributed by atoms with Gasteiger partial charge in [-0.25, -0.2) is 4.98 Å². The minimum Gasteiger partial charge on any atom is -0.491 e. The van der Waals surface area contributed by atoms with Gasteiger partial charge in [0.15, 0.2) is 5.75 Å². The van der Waals surface area contributed by atoms with Crippen molar-refractivity contribution in [3.8, 4) is 5.75 Å². The molecule has 1 aliphatic rings. The van der Waals surface area contributed by atoms with Gasteiger partial charge in [-0.2, -0.15) is 0 Å². The molecule has 0 aromatic carbocycles. The zero-order valence-corrected chi connectivity index (χ0v) is 12.7. The van der Waals surface area contributed by atoms with Gasteiger partial charge in [-0.15, -0.1) is 0 Å². The largest absolute Gasteiger partial charge is 0.491 e. The molecule has 1 fully saturated rings. The maximum atomic E-state index is 11.8. The molecule has 0 spiro atoms. The molecule has 0 bridgehead atoms. The van der Waals surface area contributed by atoms with E-state index in [1.165, 1.54) is 7.11 Å². The van der Waals surface area contributed by atoms with Crippen LogP contribution in [0.4, 0.5) is 5.82 Å². The van der Waals surface area contributed by atoms with E-state index in [4.69, 9.17) is 4.74 Å². The van der Waals surface area contributed by atoms with Gasteiger partial charge in [0, 0.05) is 56.9 Å². The zero-order chi connectivity index (χ0) is 15.4. The molecule has 116 valence electrons. The summed E-state index contributed by atoms with van der Waals surface area (Å²) in [4.78, 5) is 23.9. The van der Waals surface area contributed by atoms with Crippen LogP contribution in [-0.4, -0.2) is 48.2 Å². The van der Waals surface area contributed by atoms with Crippen molar-refractivity contribution in [3.05, 3.63) is 52.6 Å². The van der Waals surface area contributed by atoms with Gasteiger partial charge in [0.1, 0.15) is 5.82 Å². The minimum atomic E-state index is -0.0802. The molecule has 0 atom stereocenters. The number of nitrogens with one attached hydrogen (secondary N) is 1. The van der Waals surface area contributed by atoms with Crippen LogP contribution in [0.2, 0.25) is 0 Å². The van der Waals surface area contributed by atoms with E-state index in [0.717, 1.165) is 44.2 Å². The number of methoxy groups -OCH3 is 1. The molecule has 2 aromatic rings. The number of ether oxygens (including phenoxy) is 1. The number of rotatable bonds is 4. The Kier molecular flexibility index (Phi) is 4.39. The number of anilines is 1. The molecule has 2 aromatic heterocycles. The Morgan fingerprint density at radius 1 is 1.27 bits per heavy atom. The summed E-state index contributed by atoms with van der Waals surface area (Å²) < 4.78 is 4.98. The van der Waals surface area contributed by atoms with Crippen molar-refractivity contribution in [1.29, 1.82) is 0 Å². The summed E-state index contributed by atoms with van der Waals surface area (Å²) in [7, 11) is 1.50. The van der Waals surface area contributed by atoms with Crippen LogP contribution in [0.25, 0.3) is 0 Å². The first-order valence-electron chi connectivity index (χ1n) is 7.40. The highest BCUT2D eigenvalue weighted by Gasteiger charge is 2.18. The van der Waals surface area contributed by atoms with E-state index in [-0.39, 0.29) is 5.43 Å². The summed E-state index contributed by atoms with van der Waals surface area (Å²) in [6.45, 7) is 4.53. The Bertz CT molecular complexity index is 663. The van der Waals surface area contributed by atoms with Gasteiger partial charge in [0.05, 0.1) is 7.11 Å². The van der Waals surface area contributed by atoms with E-state index < -0.39 is 0 Å². The molecule has 0 radical (unpaired) electrons. The van der Waals surface area contributed by atoms with Crippen molar-refractivity contribution in [2.75, 3.05) is 38.2 Å². The summed E-state index contributed by atoms with van der Waals surface area (Å²) >= 11 is 0. The molecule has 0 aliphatic carbocycles. The molecule has 3 heterocycles. The highest BCUT2D eigenvalue weighted by molar-refractivity contribution is 5.38. The fraction of sp³-hybridized carbons (Fsp3) is 0.375. The van der Waals surface area contributed by atoms with E-state index in [1.54, 1.807) is 12.3 Å². The van der Waals surface area contributed by atoms with Crippen molar-refractivity contribution in [2.24, 2.45) is 0 Å². The smallest absolute Gasteiger partial charge is 0.223 e. The molecule has 1 saturated heterocycles. The number of nitrogens with zero attached hydrogens (tertiary/aromatic N) is 3. The summed E-state index contributed by atoms with van der Waals surface area (Å²) in [5, 5.41) is 0.